The van der Waals surface area contributed by atoms with Crippen LogP contribution in [0.1, 0.15) is 36.5 Å². The molecule has 1 aliphatic rings. The highest BCUT2D eigenvalue weighted by atomic mass is 16.2. The molecule has 1 aromatic carbocycles. The van der Waals surface area contributed by atoms with Gasteiger partial charge >= 0.3 is 0 Å². The van der Waals surface area contributed by atoms with E-state index in [-0.39, 0.29) is 17.7 Å². The van der Waals surface area contributed by atoms with Gasteiger partial charge in [0.05, 0.1) is 0 Å². The normalized spacial score (nSPS) is 14.0. The number of carbonyl (C=O) groups is 3. The van der Waals surface area contributed by atoms with Crippen LogP contribution in [0.3, 0.4) is 0 Å². The molecule has 6 heteroatoms. The maximum Gasteiger partial charge on any atom is 0.251 e. The summed E-state index contributed by atoms with van der Waals surface area (Å²) >= 11 is 0. The minimum atomic E-state index is -0.170. The smallest absolute Gasteiger partial charge is 0.251 e. The number of benzene rings is 1. The predicted octanol–water partition coefficient (Wildman–Crippen LogP) is 1.07. The van der Waals surface area contributed by atoms with Crippen LogP contribution in [0.25, 0.3) is 0 Å². The second-order valence-electron chi connectivity index (χ2n) is 5.29. The van der Waals surface area contributed by atoms with E-state index in [0.29, 0.717) is 38.0 Å². The van der Waals surface area contributed by atoms with E-state index >= 15 is 0 Å². The molecule has 22 heavy (non-hydrogen) atoms. The Hall–Kier alpha value is -2.37. The first kappa shape index (κ1) is 16.0. The lowest BCUT2D eigenvalue weighted by Crippen LogP contribution is -2.29. The van der Waals surface area contributed by atoms with E-state index in [1.54, 1.807) is 23.1 Å². The molecule has 1 fully saturated rings. The second kappa shape index (κ2) is 7.59. The van der Waals surface area contributed by atoms with Gasteiger partial charge in [-0.25, -0.2) is 0 Å². The van der Waals surface area contributed by atoms with Gasteiger partial charge in [-0.15, -0.1) is 0 Å². The van der Waals surface area contributed by atoms with E-state index in [2.05, 4.69) is 10.6 Å². The molecule has 1 aliphatic heterocycles. The Morgan fingerprint density at radius 2 is 2.00 bits per heavy atom. The molecule has 0 atom stereocenters. The molecule has 6 nitrogen and oxygen atoms in total. The van der Waals surface area contributed by atoms with Gasteiger partial charge in [-0.1, -0.05) is 6.07 Å². The molecular weight excluding hydrogens is 282 g/mol. The zero-order chi connectivity index (χ0) is 15.9. The summed E-state index contributed by atoms with van der Waals surface area (Å²) in [5, 5.41) is 5.48. The lowest BCUT2D eigenvalue weighted by Gasteiger charge is -2.16. The van der Waals surface area contributed by atoms with Gasteiger partial charge in [0, 0.05) is 44.2 Å². The lowest BCUT2D eigenvalue weighted by atomic mass is 10.1. The van der Waals surface area contributed by atoms with Crippen molar-refractivity contribution < 1.29 is 14.4 Å². The molecule has 0 spiro atoms. The average molecular weight is 303 g/mol. The molecule has 2 rings (SSSR count). The number of nitrogens with zero attached hydrogens (tertiary/aromatic N) is 1. The summed E-state index contributed by atoms with van der Waals surface area (Å²) in [6.45, 7) is 3.20. The van der Waals surface area contributed by atoms with Crippen LogP contribution in [-0.2, 0) is 9.59 Å². The molecule has 1 saturated heterocycles. The van der Waals surface area contributed by atoms with Crippen molar-refractivity contribution in [2.75, 3.05) is 24.5 Å². The molecule has 0 radical (unpaired) electrons. The van der Waals surface area contributed by atoms with Crippen LogP contribution in [-0.4, -0.2) is 37.4 Å². The summed E-state index contributed by atoms with van der Waals surface area (Å²) in [4.78, 5) is 36.3. The van der Waals surface area contributed by atoms with Crippen molar-refractivity contribution >= 4 is 23.4 Å². The highest BCUT2D eigenvalue weighted by Crippen LogP contribution is 2.22. The Morgan fingerprint density at radius 3 is 2.68 bits per heavy atom. The summed E-state index contributed by atoms with van der Waals surface area (Å²) in [5.41, 5.74) is 1.31. The first-order valence-corrected chi connectivity index (χ1v) is 7.51. The van der Waals surface area contributed by atoms with Crippen LogP contribution in [0.15, 0.2) is 24.3 Å². The van der Waals surface area contributed by atoms with Gasteiger partial charge in [-0.3, -0.25) is 14.4 Å². The topological polar surface area (TPSA) is 78.5 Å². The molecule has 118 valence electrons. The van der Waals surface area contributed by atoms with Gasteiger partial charge in [0.25, 0.3) is 5.91 Å². The van der Waals surface area contributed by atoms with E-state index in [9.17, 15) is 14.4 Å². The average Bonchev–Trinajstić information content (AvgIpc) is 2.92. The predicted molar refractivity (Wildman–Crippen MR) is 83.7 cm³/mol. The number of anilines is 1. The molecular formula is C16H21N3O3. The number of nitrogens with one attached hydrogen (secondary N) is 2. The number of hydrogen-bond acceptors (Lipinski definition) is 3. The third-order valence-corrected chi connectivity index (χ3v) is 3.51. The largest absolute Gasteiger partial charge is 0.356 e. The van der Waals surface area contributed by atoms with Gasteiger partial charge in [0.2, 0.25) is 11.8 Å². The van der Waals surface area contributed by atoms with Gasteiger partial charge in [0.1, 0.15) is 0 Å². The SMILES string of the molecule is CC(=O)NCCCNC(=O)c1cccc(N2CCCC2=O)c1. The van der Waals surface area contributed by atoms with Gasteiger partial charge in [-0.05, 0) is 31.0 Å². The van der Waals surface area contributed by atoms with Crippen molar-refractivity contribution in [3.63, 3.8) is 0 Å². The summed E-state index contributed by atoms with van der Waals surface area (Å²) in [7, 11) is 0. The summed E-state index contributed by atoms with van der Waals surface area (Å²) in [5.74, 6) is -0.140. The second-order valence-corrected chi connectivity index (χ2v) is 5.29. The fraction of sp³-hybridized carbons (Fsp3) is 0.438. The maximum absolute atomic E-state index is 12.1. The third-order valence-electron chi connectivity index (χ3n) is 3.51. The van der Waals surface area contributed by atoms with Gasteiger partial charge in [-0.2, -0.15) is 0 Å². The monoisotopic (exact) mass is 303 g/mol. The fourth-order valence-electron chi connectivity index (χ4n) is 2.39. The van der Waals surface area contributed by atoms with E-state index in [4.69, 9.17) is 0 Å². The Kier molecular flexibility index (Phi) is 5.52. The van der Waals surface area contributed by atoms with Crippen molar-refractivity contribution in [3.8, 4) is 0 Å². The number of amides is 3. The first-order valence-electron chi connectivity index (χ1n) is 7.51. The van der Waals surface area contributed by atoms with Gasteiger partial charge in [0.15, 0.2) is 0 Å². The Balaban J connectivity index is 1.87. The quantitative estimate of drug-likeness (QED) is 0.772. The molecule has 0 aromatic heterocycles. The first-order chi connectivity index (χ1) is 10.6. The maximum atomic E-state index is 12.1. The van der Waals surface area contributed by atoms with Crippen molar-refractivity contribution in [2.45, 2.75) is 26.2 Å². The molecule has 3 amide bonds. The zero-order valence-corrected chi connectivity index (χ0v) is 12.7. The van der Waals surface area contributed by atoms with Gasteiger partial charge < -0.3 is 15.5 Å². The van der Waals surface area contributed by atoms with E-state index in [1.807, 2.05) is 6.07 Å². The van der Waals surface area contributed by atoms with Crippen LogP contribution in [0.4, 0.5) is 5.69 Å². The van der Waals surface area contributed by atoms with Crippen LogP contribution in [0.2, 0.25) is 0 Å². The lowest BCUT2D eigenvalue weighted by molar-refractivity contribution is -0.119. The summed E-state index contributed by atoms with van der Waals surface area (Å²) in [6.07, 6.45) is 2.10. The van der Waals surface area contributed by atoms with Crippen LogP contribution in [0.5, 0.6) is 0 Å². The molecule has 2 N–H and O–H groups in total. The minimum Gasteiger partial charge on any atom is -0.356 e. The Morgan fingerprint density at radius 1 is 1.23 bits per heavy atom. The van der Waals surface area contributed by atoms with E-state index in [1.165, 1.54) is 6.92 Å². The third kappa shape index (κ3) is 4.31. The van der Waals surface area contributed by atoms with Crippen molar-refractivity contribution in [1.29, 1.82) is 0 Å². The van der Waals surface area contributed by atoms with Crippen molar-refractivity contribution in [3.05, 3.63) is 29.8 Å². The van der Waals surface area contributed by atoms with E-state index < -0.39 is 0 Å². The van der Waals surface area contributed by atoms with E-state index in [0.717, 1.165) is 12.1 Å². The highest BCUT2D eigenvalue weighted by molar-refractivity contribution is 5.99. The molecule has 0 unspecified atom stereocenters. The van der Waals surface area contributed by atoms with Crippen LogP contribution >= 0.6 is 0 Å². The molecule has 0 bridgehead atoms. The number of carbonyl (C=O) groups excluding carboxylic acids is 3. The molecule has 1 aromatic rings. The van der Waals surface area contributed by atoms with Crippen LogP contribution < -0.4 is 15.5 Å². The fourth-order valence-corrected chi connectivity index (χ4v) is 2.39. The van der Waals surface area contributed by atoms with Crippen LogP contribution in [0, 0.1) is 0 Å². The standard InChI is InChI=1S/C16H21N3O3/c1-12(20)17-8-4-9-18-16(22)13-5-2-6-14(11-13)19-10-3-7-15(19)21/h2,5-6,11H,3-4,7-10H2,1H3,(H,17,20)(H,18,22). The molecule has 0 saturated carbocycles. The molecule has 0 aliphatic carbocycles. The zero-order valence-electron chi connectivity index (χ0n) is 12.7. The minimum absolute atomic E-state index is 0.0747. The summed E-state index contributed by atoms with van der Waals surface area (Å²) < 4.78 is 0. The Labute approximate surface area is 129 Å². The number of rotatable bonds is 6. The van der Waals surface area contributed by atoms with Crippen molar-refractivity contribution in [2.24, 2.45) is 0 Å². The van der Waals surface area contributed by atoms with Crippen molar-refractivity contribution in [1.82, 2.24) is 10.6 Å². The summed E-state index contributed by atoms with van der Waals surface area (Å²) in [6, 6.07) is 7.10. The Bertz CT molecular complexity index is 572. The highest BCUT2D eigenvalue weighted by Gasteiger charge is 2.22. The molecule has 1 heterocycles. The number of hydrogen-bond donors (Lipinski definition) is 2.